The molecule has 0 aliphatic carbocycles. The van der Waals surface area contributed by atoms with E-state index >= 15 is 0 Å². The third-order valence-corrected chi connectivity index (χ3v) is 6.17. The Morgan fingerprint density at radius 2 is 1.94 bits per heavy atom. The van der Waals surface area contributed by atoms with Crippen LogP contribution < -0.4 is 0 Å². The number of aliphatic hydroxyl groups is 1. The van der Waals surface area contributed by atoms with Crippen molar-refractivity contribution in [3.63, 3.8) is 0 Å². The lowest BCUT2D eigenvalue weighted by atomic mass is 9.92. The van der Waals surface area contributed by atoms with Crippen molar-refractivity contribution in [2.75, 3.05) is 7.05 Å². The Bertz CT molecular complexity index is 429. The quantitative estimate of drug-likeness (QED) is 0.894. The maximum atomic E-state index is 9.74. The van der Waals surface area contributed by atoms with Gasteiger partial charge in [-0.2, -0.15) is 0 Å². The largest absolute Gasteiger partial charge is 0.388 e. The molecule has 3 nitrogen and oxygen atoms in total. The number of thiazole rings is 1. The Balaban J connectivity index is 1.82. The van der Waals surface area contributed by atoms with Gasteiger partial charge >= 0.3 is 0 Å². The van der Waals surface area contributed by atoms with Crippen LogP contribution in [0.1, 0.15) is 60.2 Å². The van der Waals surface area contributed by atoms with E-state index in [9.17, 15) is 5.11 Å². The van der Waals surface area contributed by atoms with Gasteiger partial charge < -0.3 is 10.0 Å². The molecule has 2 aliphatic rings. The van der Waals surface area contributed by atoms with Crippen LogP contribution >= 0.6 is 11.3 Å². The normalized spacial score (nSPS) is 33.9. The summed E-state index contributed by atoms with van der Waals surface area (Å²) in [7, 11) is 2.27. The summed E-state index contributed by atoms with van der Waals surface area (Å²) >= 11 is 1.73. The van der Waals surface area contributed by atoms with Crippen LogP contribution in [0, 0.1) is 6.92 Å². The van der Waals surface area contributed by atoms with E-state index in [1.165, 1.54) is 30.7 Å². The van der Waals surface area contributed by atoms with E-state index in [0.717, 1.165) is 22.7 Å². The number of aromatic nitrogens is 1. The van der Waals surface area contributed by atoms with Crippen LogP contribution in [0.5, 0.6) is 0 Å². The van der Waals surface area contributed by atoms with Gasteiger partial charge in [-0.05, 0) is 46.6 Å². The minimum atomic E-state index is -0.376. The fraction of sp³-hybridized carbons (Fsp3) is 0.786. The van der Waals surface area contributed by atoms with Gasteiger partial charge in [0.15, 0.2) is 0 Å². The van der Waals surface area contributed by atoms with Gasteiger partial charge in [-0.3, -0.25) is 0 Å². The predicted octanol–water partition coefficient (Wildman–Crippen LogP) is 2.85. The first-order valence-corrected chi connectivity index (χ1v) is 7.75. The second-order valence-corrected chi connectivity index (χ2v) is 6.96. The molecule has 0 amide bonds. The van der Waals surface area contributed by atoms with Crippen molar-refractivity contribution in [2.24, 2.45) is 0 Å². The molecule has 3 heterocycles. The zero-order chi connectivity index (χ0) is 12.9. The van der Waals surface area contributed by atoms with Crippen molar-refractivity contribution in [1.82, 2.24) is 9.88 Å². The van der Waals surface area contributed by atoms with Gasteiger partial charge in [-0.25, -0.2) is 4.98 Å². The third-order valence-electron chi connectivity index (χ3n) is 4.68. The smallest absolute Gasteiger partial charge is 0.0964 e. The molecule has 0 spiro atoms. The summed E-state index contributed by atoms with van der Waals surface area (Å²) in [5.74, 6) is 0.620. The standard InChI is InChI=1S/C14H22N2OS/c1-8-13(9(2)17)18-14(15-8)10-6-11-4-5-12(7-10)16(11)3/h9-12,17H,4-7H2,1-3H3. The zero-order valence-corrected chi connectivity index (χ0v) is 12.2. The highest BCUT2D eigenvalue weighted by Gasteiger charge is 2.39. The van der Waals surface area contributed by atoms with Crippen molar-refractivity contribution in [1.29, 1.82) is 0 Å². The lowest BCUT2D eigenvalue weighted by molar-refractivity contribution is 0.161. The summed E-state index contributed by atoms with van der Waals surface area (Å²) in [6, 6.07) is 1.51. The lowest BCUT2D eigenvalue weighted by Crippen LogP contribution is -2.39. The van der Waals surface area contributed by atoms with Crippen LogP contribution in [-0.2, 0) is 0 Å². The first kappa shape index (κ1) is 12.6. The van der Waals surface area contributed by atoms with E-state index in [1.54, 1.807) is 11.3 Å². The minimum Gasteiger partial charge on any atom is -0.388 e. The predicted molar refractivity (Wildman–Crippen MR) is 74.0 cm³/mol. The molecular weight excluding hydrogens is 244 g/mol. The van der Waals surface area contributed by atoms with Crippen LogP contribution in [0.4, 0.5) is 0 Å². The lowest BCUT2D eigenvalue weighted by Gasteiger charge is -2.35. The molecule has 0 saturated carbocycles. The molecule has 3 atom stereocenters. The van der Waals surface area contributed by atoms with Crippen LogP contribution in [0.2, 0.25) is 0 Å². The Kier molecular flexibility index (Phi) is 3.20. The summed E-state index contributed by atoms with van der Waals surface area (Å²) in [5.41, 5.74) is 1.02. The molecule has 2 bridgehead atoms. The average Bonchev–Trinajstić information content (AvgIpc) is 2.77. The van der Waals surface area contributed by atoms with E-state index in [-0.39, 0.29) is 6.10 Å². The fourth-order valence-electron chi connectivity index (χ4n) is 3.61. The SMILES string of the molecule is Cc1nc(C2CC3CCC(C2)N3C)sc1C(C)O. The highest BCUT2D eigenvalue weighted by Crippen LogP contribution is 2.43. The maximum Gasteiger partial charge on any atom is 0.0964 e. The molecule has 3 rings (SSSR count). The van der Waals surface area contributed by atoms with Crippen molar-refractivity contribution >= 4 is 11.3 Å². The van der Waals surface area contributed by atoms with E-state index < -0.39 is 0 Å². The van der Waals surface area contributed by atoms with E-state index in [2.05, 4.69) is 11.9 Å². The number of hydrogen-bond donors (Lipinski definition) is 1. The van der Waals surface area contributed by atoms with Crippen LogP contribution in [0.3, 0.4) is 0 Å². The van der Waals surface area contributed by atoms with Gasteiger partial charge in [-0.15, -0.1) is 11.3 Å². The molecule has 1 aromatic heterocycles. The Morgan fingerprint density at radius 3 is 2.44 bits per heavy atom. The number of nitrogens with zero attached hydrogens (tertiary/aromatic N) is 2. The van der Waals surface area contributed by atoms with Crippen LogP contribution in [-0.4, -0.2) is 34.1 Å². The monoisotopic (exact) mass is 266 g/mol. The topological polar surface area (TPSA) is 36.4 Å². The second kappa shape index (κ2) is 4.58. The minimum absolute atomic E-state index is 0.376. The number of piperidine rings is 1. The zero-order valence-electron chi connectivity index (χ0n) is 11.4. The molecule has 3 unspecified atom stereocenters. The highest BCUT2D eigenvalue weighted by molar-refractivity contribution is 7.11. The summed E-state index contributed by atoms with van der Waals surface area (Å²) in [5, 5.41) is 11.0. The van der Waals surface area contributed by atoms with Crippen molar-refractivity contribution in [3.8, 4) is 0 Å². The second-order valence-electron chi connectivity index (χ2n) is 5.90. The highest BCUT2D eigenvalue weighted by atomic mass is 32.1. The summed E-state index contributed by atoms with van der Waals surface area (Å²) in [4.78, 5) is 8.33. The average molecular weight is 266 g/mol. The molecule has 100 valence electrons. The molecule has 2 fully saturated rings. The number of rotatable bonds is 2. The van der Waals surface area contributed by atoms with Crippen LogP contribution in [0.25, 0.3) is 0 Å². The third kappa shape index (κ3) is 2.00. The Hall–Kier alpha value is -0.450. The molecule has 0 aromatic carbocycles. The molecular formula is C14H22N2OS. The van der Waals surface area contributed by atoms with Crippen molar-refractivity contribution in [2.45, 2.75) is 63.6 Å². The summed E-state index contributed by atoms with van der Waals surface area (Å²) < 4.78 is 0. The van der Waals surface area contributed by atoms with Gasteiger partial charge in [0.05, 0.1) is 21.7 Å². The molecule has 18 heavy (non-hydrogen) atoms. The summed E-state index contributed by atoms with van der Waals surface area (Å²) in [6.07, 6.45) is 4.83. The van der Waals surface area contributed by atoms with E-state index in [4.69, 9.17) is 4.98 Å². The molecule has 1 aromatic rings. The first-order valence-electron chi connectivity index (χ1n) is 6.93. The van der Waals surface area contributed by atoms with Gasteiger partial charge in [0, 0.05) is 18.0 Å². The van der Waals surface area contributed by atoms with E-state index in [1.807, 2.05) is 13.8 Å². The molecule has 4 heteroatoms. The van der Waals surface area contributed by atoms with Gasteiger partial charge in [-0.1, -0.05) is 0 Å². The number of hydrogen-bond acceptors (Lipinski definition) is 4. The molecule has 2 saturated heterocycles. The van der Waals surface area contributed by atoms with Crippen LogP contribution in [0.15, 0.2) is 0 Å². The fourth-order valence-corrected chi connectivity index (χ4v) is 4.74. The number of aryl methyl sites for hydroxylation is 1. The van der Waals surface area contributed by atoms with Gasteiger partial charge in [0.2, 0.25) is 0 Å². The van der Waals surface area contributed by atoms with Crippen molar-refractivity contribution in [3.05, 3.63) is 15.6 Å². The number of fused-ring (bicyclic) bond motifs is 2. The molecule has 1 N–H and O–H groups in total. The van der Waals surface area contributed by atoms with E-state index in [0.29, 0.717) is 5.92 Å². The number of aliphatic hydroxyl groups excluding tert-OH is 1. The Morgan fingerprint density at radius 1 is 1.33 bits per heavy atom. The van der Waals surface area contributed by atoms with Gasteiger partial charge in [0.25, 0.3) is 0 Å². The molecule has 0 radical (unpaired) electrons. The van der Waals surface area contributed by atoms with Crippen molar-refractivity contribution < 1.29 is 5.11 Å². The summed E-state index contributed by atoms with van der Waals surface area (Å²) in [6.45, 7) is 3.86. The van der Waals surface area contributed by atoms with Gasteiger partial charge in [0.1, 0.15) is 0 Å². The first-order chi connectivity index (χ1) is 8.56. The Labute approximate surface area is 113 Å². The molecule has 2 aliphatic heterocycles. The maximum absolute atomic E-state index is 9.74.